The molecule has 0 aliphatic rings. The number of carbonyl (C=O) groups excluding carboxylic acids is 1. The molecule has 5 heteroatoms. The van der Waals surface area contributed by atoms with E-state index in [2.05, 4.69) is 43.2 Å². The third-order valence-electron chi connectivity index (χ3n) is 3.27. The first-order chi connectivity index (χ1) is 9.93. The summed E-state index contributed by atoms with van der Waals surface area (Å²) < 4.78 is 0. The van der Waals surface area contributed by atoms with Crippen molar-refractivity contribution in [1.29, 1.82) is 0 Å². The molecule has 1 rings (SSSR count). The molecule has 0 spiro atoms. The smallest absolute Gasteiger partial charge is 0.265 e. The standard InChI is InChI=1S/C16H28N4O/c1-13(2)11-20(10-9-19(3)4)12-14-7-5-6-8-15(14)16(21)18-17/h5-8,13H,9-12,17H2,1-4H3,(H,18,21). The predicted octanol–water partition coefficient (Wildman–Crippen LogP) is 1.31. The minimum absolute atomic E-state index is 0.234. The molecule has 1 aromatic rings. The molecule has 0 fully saturated rings. The van der Waals surface area contributed by atoms with Crippen molar-refractivity contribution in [2.75, 3.05) is 33.7 Å². The van der Waals surface area contributed by atoms with Crippen LogP contribution < -0.4 is 11.3 Å². The summed E-state index contributed by atoms with van der Waals surface area (Å²) >= 11 is 0. The number of hydrogen-bond donors (Lipinski definition) is 2. The predicted molar refractivity (Wildman–Crippen MR) is 86.8 cm³/mol. The van der Waals surface area contributed by atoms with Crippen LogP contribution in [0.3, 0.4) is 0 Å². The molecular formula is C16H28N4O. The first-order valence-electron chi connectivity index (χ1n) is 7.40. The van der Waals surface area contributed by atoms with Crippen LogP contribution in [-0.4, -0.2) is 49.4 Å². The second-order valence-corrected chi connectivity index (χ2v) is 6.06. The number of likely N-dealkylation sites (N-methyl/N-ethyl adjacent to an activating group) is 1. The van der Waals surface area contributed by atoms with Crippen LogP contribution in [0.1, 0.15) is 29.8 Å². The van der Waals surface area contributed by atoms with Crippen molar-refractivity contribution in [3.05, 3.63) is 35.4 Å². The van der Waals surface area contributed by atoms with Gasteiger partial charge in [0.25, 0.3) is 5.91 Å². The van der Waals surface area contributed by atoms with E-state index < -0.39 is 0 Å². The largest absolute Gasteiger partial charge is 0.308 e. The molecular weight excluding hydrogens is 264 g/mol. The molecule has 0 aliphatic carbocycles. The number of benzene rings is 1. The van der Waals surface area contributed by atoms with Gasteiger partial charge >= 0.3 is 0 Å². The number of amides is 1. The van der Waals surface area contributed by atoms with Crippen molar-refractivity contribution < 1.29 is 4.79 Å². The molecule has 0 saturated heterocycles. The lowest BCUT2D eigenvalue weighted by atomic mass is 10.1. The zero-order chi connectivity index (χ0) is 15.8. The third kappa shape index (κ3) is 6.25. The lowest BCUT2D eigenvalue weighted by Crippen LogP contribution is -2.35. The van der Waals surface area contributed by atoms with Gasteiger partial charge in [-0.05, 0) is 31.6 Å². The van der Waals surface area contributed by atoms with Crippen molar-refractivity contribution in [2.24, 2.45) is 11.8 Å². The molecule has 5 nitrogen and oxygen atoms in total. The summed E-state index contributed by atoms with van der Waals surface area (Å²) in [7, 11) is 4.15. The summed E-state index contributed by atoms with van der Waals surface area (Å²) in [5.74, 6) is 5.62. The van der Waals surface area contributed by atoms with Crippen molar-refractivity contribution in [1.82, 2.24) is 15.2 Å². The molecule has 0 bridgehead atoms. The number of nitrogens with zero attached hydrogens (tertiary/aromatic N) is 2. The molecule has 0 saturated carbocycles. The Morgan fingerprint density at radius 2 is 1.90 bits per heavy atom. The van der Waals surface area contributed by atoms with Gasteiger partial charge in [0.15, 0.2) is 0 Å². The van der Waals surface area contributed by atoms with Crippen LogP contribution >= 0.6 is 0 Å². The summed E-state index contributed by atoms with van der Waals surface area (Å²) in [5.41, 5.74) is 3.89. The van der Waals surface area contributed by atoms with Crippen LogP contribution in [-0.2, 0) is 6.54 Å². The zero-order valence-electron chi connectivity index (χ0n) is 13.6. The maximum Gasteiger partial charge on any atom is 0.265 e. The average Bonchev–Trinajstić information content (AvgIpc) is 2.44. The van der Waals surface area contributed by atoms with Crippen LogP contribution in [0.4, 0.5) is 0 Å². The number of hydrazine groups is 1. The summed E-state index contributed by atoms with van der Waals surface area (Å²) in [5, 5.41) is 0. The molecule has 21 heavy (non-hydrogen) atoms. The Bertz CT molecular complexity index is 446. The molecule has 0 unspecified atom stereocenters. The number of carbonyl (C=O) groups is 1. The molecule has 0 heterocycles. The molecule has 0 aromatic heterocycles. The van der Waals surface area contributed by atoms with E-state index in [1.807, 2.05) is 24.3 Å². The number of nitrogens with two attached hydrogens (primary N) is 1. The molecule has 0 radical (unpaired) electrons. The maximum atomic E-state index is 11.8. The Kier molecular flexibility index (Phi) is 7.36. The Labute approximate surface area is 128 Å². The second-order valence-electron chi connectivity index (χ2n) is 6.06. The minimum Gasteiger partial charge on any atom is -0.308 e. The second kappa shape index (κ2) is 8.77. The van der Waals surface area contributed by atoms with E-state index in [1.54, 1.807) is 0 Å². The van der Waals surface area contributed by atoms with Gasteiger partial charge in [0.2, 0.25) is 0 Å². The topological polar surface area (TPSA) is 61.6 Å². The van der Waals surface area contributed by atoms with Crippen LogP contribution in [0.25, 0.3) is 0 Å². The molecule has 1 amide bonds. The Morgan fingerprint density at radius 1 is 1.24 bits per heavy atom. The normalized spacial score (nSPS) is 11.4. The van der Waals surface area contributed by atoms with Crippen LogP contribution in [0.15, 0.2) is 24.3 Å². The monoisotopic (exact) mass is 292 g/mol. The van der Waals surface area contributed by atoms with Crippen LogP contribution in [0, 0.1) is 5.92 Å². The Hall–Kier alpha value is -1.43. The fourth-order valence-electron chi connectivity index (χ4n) is 2.29. The van der Waals surface area contributed by atoms with Gasteiger partial charge in [-0.1, -0.05) is 32.0 Å². The number of hydrogen-bond acceptors (Lipinski definition) is 4. The summed E-state index contributed by atoms with van der Waals surface area (Å²) in [6, 6.07) is 7.63. The average molecular weight is 292 g/mol. The van der Waals surface area contributed by atoms with Crippen molar-refractivity contribution in [3.63, 3.8) is 0 Å². The van der Waals surface area contributed by atoms with E-state index >= 15 is 0 Å². The van der Waals surface area contributed by atoms with Crippen LogP contribution in [0.2, 0.25) is 0 Å². The quantitative estimate of drug-likeness (QED) is 0.431. The third-order valence-corrected chi connectivity index (χ3v) is 3.27. The van der Waals surface area contributed by atoms with Crippen molar-refractivity contribution >= 4 is 5.91 Å². The molecule has 0 atom stereocenters. The van der Waals surface area contributed by atoms with E-state index in [-0.39, 0.29) is 5.91 Å². The van der Waals surface area contributed by atoms with Gasteiger partial charge in [-0.3, -0.25) is 15.1 Å². The van der Waals surface area contributed by atoms with Gasteiger partial charge in [-0.25, -0.2) is 5.84 Å². The fourth-order valence-corrected chi connectivity index (χ4v) is 2.29. The first kappa shape index (κ1) is 17.6. The highest BCUT2D eigenvalue weighted by Gasteiger charge is 2.14. The highest BCUT2D eigenvalue weighted by atomic mass is 16.2. The van der Waals surface area contributed by atoms with E-state index in [9.17, 15) is 4.79 Å². The number of nitrogens with one attached hydrogen (secondary N) is 1. The van der Waals surface area contributed by atoms with Crippen LogP contribution in [0.5, 0.6) is 0 Å². The maximum absolute atomic E-state index is 11.8. The highest BCUT2D eigenvalue weighted by molar-refractivity contribution is 5.95. The molecule has 118 valence electrons. The number of rotatable bonds is 8. The highest BCUT2D eigenvalue weighted by Crippen LogP contribution is 2.13. The lowest BCUT2D eigenvalue weighted by molar-refractivity contribution is 0.0951. The summed E-state index contributed by atoms with van der Waals surface area (Å²) in [4.78, 5) is 16.4. The van der Waals surface area contributed by atoms with Gasteiger partial charge in [0.1, 0.15) is 0 Å². The minimum atomic E-state index is -0.234. The SMILES string of the molecule is CC(C)CN(CCN(C)C)Cc1ccccc1C(=O)NN. The summed E-state index contributed by atoms with van der Waals surface area (Å²) in [6.07, 6.45) is 0. The van der Waals surface area contributed by atoms with Crippen molar-refractivity contribution in [2.45, 2.75) is 20.4 Å². The zero-order valence-corrected chi connectivity index (χ0v) is 13.6. The lowest BCUT2D eigenvalue weighted by Gasteiger charge is -2.26. The molecule has 0 aliphatic heterocycles. The van der Waals surface area contributed by atoms with Gasteiger partial charge in [0, 0.05) is 31.7 Å². The van der Waals surface area contributed by atoms with E-state index in [0.717, 1.165) is 31.7 Å². The number of nitrogen functional groups attached to an aromatic ring is 1. The van der Waals surface area contributed by atoms with E-state index in [0.29, 0.717) is 11.5 Å². The Morgan fingerprint density at radius 3 is 2.48 bits per heavy atom. The van der Waals surface area contributed by atoms with Gasteiger partial charge < -0.3 is 4.90 Å². The summed E-state index contributed by atoms with van der Waals surface area (Å²) in [6.45, 7) is 8.16. The van der Waals surface area contributed by atoms with Gasteiger partial charge in [-0.15, -0.1) is 0 Å². The Balaban J connectivity index is 2.84. The van der Waals surface area contributed by atoms with Crippen molar-refractivity contribution in [3.8, 4) is 0 Å². The first-order valence-corrected chi connectivity index (χ1v) is 7.40. The fraction of sp³-hybridized carbons (Fsp3) is 0.562. The molecule has 3 N–H and O–H groups in total. The van der Waals surface area contributed by atoms with E-state index in [4.69, 9.17) is 5.84 Å². The van der Waals surface area contributed by atoms with Gasteiger partial charge in [0.05, 0.1) is 0 Å². The molecule has 1 aromatic carbocycles. The van der Waals surface area contributed by atoms with Gasteiger partial charge in [-0.2, -0.15) is 0 Å². The van der Waals surface area contributed by atoms with E-state index in [1.165, 1.54) is 0 Å².